The van der Waals surface area contributed by atoms with Crippen LogP contribution in [0.2, 0.25) is 0 Å². The van der Waals surface area contributed by atoms with Crippen molar-refractivity contribution in [1.82, 2.24) is 0 Å². The zero-order valence-electron chi connectivity index (χ0n) is 13.0. The van der Waals surface area contributed by atoms with E-state index < -0.39 is 0 Å². The van der Waals surface area contributed by atoms with Crippen LogP contribution in [-0.2, 0) is 11.3 Å². The summed E-state index contributed by atoms with van der Waals surface area (Å²) in [7, 11) is 3.23. The Hall–Kier alpha value is -2.89. The zero-order chi connectivity index (χ0) is 16.2. The van der Waals surface area contributed by atoms with E-state index in [9.17, 15) is 4.79 Å². The van der Waals surface area contributed by atoms with Crippen LogP contribution in [0.25, 0.3) is 0 Å². The second-order valence-corrected chi connectivity index (χ2v) is 5.09. The molecule has 0 aliphatic carbocycles. The number of fused-ring (bicyclic) bond motifs is 1. The van der Waals surface area contributed by atoms with E-state index in [1.165, 1.54) is 0 Å². The lowest BCUT2D eigenvalue weighted by Crippen LogP contribution is -2.25. The molecule has 0 unspecified atom stereocenters. The molecular weight excluding hydrogens is 296 g/mol. The maximum Gasteiger partial charge on any atom is 0.262 e. The largest absolute Gasteiger partial charge is 0.493 e. The number of ether oxygens (including phenoxy) is 3. The van der Waals surface area contributed by atoms with Gasteiger partial charge in [0, 0.05) is 18.3 Å². The highest BCUT2D eigenvalue weighted by Gasteiger charge is 2.15. The quantitative estimate of drug-likeness (QED) is 0.888. The van der Waals surface area contributed by atoms with Crippen LogP contribution in [0.3, 0.4) is 0 Å². The highest BCUT2D eigenvalue weighted by atomic mass is 16.5. The molecule has 2 aromatic rings. The number of hydrogen-bond acceptors (Lipinski definition) is 5. The topological polar surface area (TPSA) is 68.8 Å². The summed E-state index contributed by atoms with van der Waals surface area (Å²) in [5, 5.41) is 6.09. The lowest BCUT2D eigenvalue weighted by molar-refractivity contribution is -0.118. The van der Waals surface area contributed by atoms with E-state index in [4.69, 9.17) is 14.2 Å². The van der Waals surface area contributed by atoms with Crippen LogP contribution in [0.15, 0.2) is 36.4 Å². The van der Waals surface area contributed by atoms with Gasteiger partial charge in [-0.3, -0.25) is 4.79 Å². The zero-order valence-corrected chi connectivity index (χ0v) is 13.0. The molecule has 6 nitrogen and oxygen atoms in total. The van der Waals surface area contributed by atoms with Crippen LogP contribution >= 0.6 is 0 Å². The second-order valence-electron chi connectivity index (χ2n) is 5.09. The van der Waals surface area contributed by atoms with E-state index in [1.807, 2.05) is 36.4 Å². The Kier molecular flexibility index (Phi) is 4.23. The van der Waals surface area contributed by atoms with Crippen LogP contribution in [0, 0.1) is 0 Å². The Morgan fingerprint density at radius 3 is 2.74 bits per heavy atom. The lowest BCUT2D eigenvalue weighted by Gasteiger charge is -2.19. The first-order valence-electron chi connectivity index (χ1n) is 7.21. The van der Waals surface area contributed by atoms with Gasteiger partial charge in [0.15, 0.2) is 18.1 Å². The van der Waals surface area contributed by atoms with E-state index >= 15 is 0 Å². The summed E-state index contributed by atoms with van der Waals surface area (Å²) in [5.74, 6) is 1.93. The van der Waals surface area contributed by atoms with Crippen LogP contribution in [-0.4, -0.2) is 26.7 Å². The number of amides is 1. The van der Waals surface area contributed by atoms with Gasteiger partial charge in [-0.25, -0.2) is 0 Å². The number of methoxy groups -OCH3 is 2. The molecule has 0 saturated carbocycles. The van der Waals surface area contributed by atoms with E-state index in [0.717, 1.165) is 11.3 Å². The van der Waals surface area contributed by atoms with E-state index in [-0.39, 0.29) is 12.5 Å². The molecule has 1 aliphatic rings. The number of carbonyl (C=O) groups excluding carboxylic acids is 1. The van der Waals surface area contributed by atoms with Crippen molar-refractivity contribution in [1.29, 1.82) is 0 Å². The molecule has 6 heteroatoms. The van der Waals surface area contributed by atoms with Crippen molar-refractivity contribution in [3.63, 3.8) is 0 Å². The van der Waals surface area contributed by atoms with Gasteiger partial charge in [0.25, 0.3) is 5.91 Å². The molecule has 0 bridgehead atoms. The van der Waals surface area contributed by atoms with Gasteiger partial charge < -0.3 is 24.8 Å². The highest BCUT2D eigenvalue weighted by Crippen LogP contribution is 2.31. The van der Waals surface area contributed by atoms with Crippen LogP contribution in [0.5, 0.6) is 17.2 Å². The molecule has 1 heterocycles. The number of anilines is 2. The number of rotatable bonds is 5. The van der Waals surface area contributed by atoms with Gasteiger partial charge in [-0.1, -0.05) is 6.07 Å². The van der Waals surface area contributed by atoms with Crippen molar-refractivity contribution in [2.75, 3.05) is 31.5 Å². The van der Waals surface area contributed by atoms with Gasteiger partial charge >= 0.3 is 0 Å². The van der Waals surface area contributed by atoms with Gasteiger partial charge in [0.05, 0.1) is 19.9 Å². The fraction of sp³-hybridized carbons (Fsp3) is 0.235. The maximum absolute atomic E-state index is 11.3. The Labute approximate surface area is 134 Å². The van der Waals surface area contributed by atoms with E-state index in [1.54, 1.807) is 14.2 Å². The summed E-state index contributed by atoms with van der Waals surface area (Å²) in [4.78, 5) is 11.3. The van der Waals surface area contributed by atoms with Crippen LogP contribution < -0.4 is 24.8 Å². The Morgan fingerprint density at radius 1 is 1.13 bits per heavy atom. The van der Waals surface area contributed by atoms with Gasteiger partial charge in [0.2, 0.25) is 0 Å². The van der Waals surface area contributed by atoms with Gasteiger partial charge in [-0.05, 0) is 29.8 Å². The summed E-state index contributed by atoms with van der Waals surface area (Å²) in [5.41, 5.74) is 2.67. The molecule has 3 rings (SSSR count). The van der Waals surface area contributed by atoms with Crippen molar-refractivity contribution in [3.8, 4) is 17.2 Å². The molecule has 0 atom stereocenters. The molecule has 0 spiro atoms. The van der Waals surface area contributed by atoms with E-state index in [2.05, 4.69) is 10.6 Å². The lowest BCUT2D eigenvalue weighted by atomic mass is 10.2. The first-order valence-corrected chi connectivity index (χ1v) is 7.21. The van der Waals surface area contributed by atoms with Crippen molar-refractivity contribution in [3.05, 3.63) is 42.0 Å². The Bertz CT molecular complexity index is 731. The number of benzene rings is 2. The Balaban J connectivity index is 1.70. The number of carbonyl (C=O) groups is 1. The molecule has 0 aromatic heterocycles. The molecule has 1 amide bonds. The van der Waals surface area contributed by atoms with Crippen molar-refractivity contribution >= 4 is 17.3 Å². The molecule has 2 N–H and O–H groups in total. The predicted octanol–water partition coefficient (Wildman–Crippen LogP) is 2.65. The summed E-state index contributed by atoms with van der Waals surface area (Å²) >= 11 is 0. The van der Waals surface area contributed by atoms with Gasteiger partial charge in [0.1, 0.15) is 5.75 Å². The monoisotopic (exact) mass is 314 g/mol. The molecule has 0 saturated heterocycles. The first kappa shape index (κ1) is 15.0. The maximum atomic E-state index is 11.3. The fourth-order valence-corrected chi connectivity index (χ4v) is 2.38. The Morgan fingerprint density at radius 2 is 1.96 bits per heavy atom. The third kappa shape index (κ3) is 3.31. The second kappa shape index (κ2) is 6.48. The van der Waals surface area contributed by atoms with Crippen molar-refractivity contribution in [2.45, 2.75) is 6.54 Å². The summed E-state index contributed by atoms with van der Waals surface area (Å²) in [6.07, 6.45) is 0. The highest BCUT2D eigenvalue weighted by molar-refractivity contribution is 5.95. The smallest absolute Gasteiger partial charge is 0.262 e. The van der Waals surface area contributed by atoms with Crippen LogP contribution in [0.1, 0.15) is 5.56 Å². The molecule has 1 aliphatic heterocycles. The molecule has 23 heavy (non-hydrogen) atoms. The summed E-state index contributed by atoms with van der Waals surface area (Å²) in [6.45, 7) is 0.678. The molecule has 120 valence electrons. The molecular formula is C17H18N2O4. The average Bonchev–Trinajstić information content (AvgIpc) is 2.59. The number of nitrogens with one attached hydrogen (secondary N) is 2. The third-order valence-corrected chi connectivity index (χ3v) is 3.56. The van der Waals surface area contributed by atoms with Crippen molar-refractivity contribution in [2.24, 2.45) is 0 Å². The minimum atomic E-state index is -0.136. The average molecular weight is 314 g/mol. The summed E-state index contributed by atoms with van der Waals surface area (Å²) in [6, 6.07) is 11.4. The predicted molar refractivity (Wildman–Crippen MR) is 87.4 cm³/mol. The SMILES string of the molecule is COc1ccc(CNc2ccc3c(c2)OCC(=O)N3)cc1OC. The van der Waals surface area contributed by atoms with Crippen LogP contribution in [0.4, 0.5) is 11.4 Å². The minimum Gasteiger partial charge on any atom is -0.493 e. The summed E-state index contributed by atoms with van der Waals surface area (Å²) < 4.78 is 15.9. The molecule has 0 radical (unpaired) electrons. The van der Waals surface area contributed by atoms with Gasteiger partial charge in [-0.15, -0.1) is 0 Å². The fourth-order valence-electron chi connectivity index (χ4n) is 2.38. The minimum absolute atomic E-state index is 0.0478. The standard InChI is InChI=1S/C17H18N2O4/c1-21-14-6-3-11(7-16(14)22-2)9-18-12-4-5-13-15(8-12)23-10-17(20)19-13/h3-8,18H,9-10H2,1-2H3,(H,19,20). The van der Waals surface area contributed by atoms with E-state index in [0.29, 0.717) is 29.5 Å². The molecule has 0 fully saturated rings. The normalized spacial score (nSPS) is 12.7. The van der Waals surface area contributed by atoms with Crippen molar-refractivity contribution < 1.29 is 19.0 Å². The molecule has 2 aromatic carbocycles. The number of hydrogen-bond donors (Lipinski definition) is 2. The third-order valence-electron chi connectivity index (χ3n) is 3.56. The first-order chi connectivity index (χ1) is 11.2. The van der Waals surface area contributed by atoms with Gasteiger partial charge in [-0.2, -0.15) is 0 Å².